The highest BCUT2D eigenvalue weighted by Gasteiger charge is 2.29. The first kappa shape index (κ1) is 27.5. The number of aryl methyl sites for hydroxylation is 1. The maximum atomic E-state index is 13.1. The van der Waals surface area contributed by atoms with Crippen LogP contribution in [0.15, 0.2) is 53.4 Å². The topological polar surface area (TPSA) is 120 Å². The molecule has 11 heteroatoms. The highest BCUT2D eigenvalue weighted by atomic mass is 35.5. The van der Waals surface area contributed by atoms with Crippen molar-refractivity contribution in [1.29, 1.82) is 0 Å². The SMILES string of the molecule is COCCCn1c([C@@H]2CCCN(C(=O)C[C@H](N)CNS(=O)(=O)c3ccccc3Cl)C2)nc2ccccc21. The van der Waals surface area contributed by atoms with E-state index < -0.39 is 16.1 Å². The summed E-state index contributed by atoms with van der Waals surface area (Å²) in [7, 11) is -2.13. The largest absolute Gasteiger partial charge is 0.385 e. The van der Waals surface area contributed by atoms with Gasteiger partial charge in [0, 0.05) is 58.3 Å². The number of piperidine rings is 1. The number of hydrogen-bond acceptors (Lipinski definition) is 6. The quantitative estimate of drug-likeness (QED) is 0.356. The van der Waals surface area contributed by atoms with Crippen molar-refractivity contribution in [2.75, 3.05) is 33.4 Å². The van der Waals surface area contributed by atoms with Gasteiger partial charge in [0.25, 0.3) is 0 Å². The number of ether oxygens (including phenoxy) is 1. The van der Waals surface area contributed by atoms with Crippen LogP contribution in [-0.4, -0.2) is 68.2 Å². The fourth-order valence-corrected chi connectivity index (χ4v) is 6.42. The van der Waals surface area contributed by atoms with E-state index in [1.807, 2.05) is 23.1 Å². The third-order valence-electron chi connectivity index (χ3n) is 6.65. The Morgan fingerprint density at radius 2 is 2.00 bits per heavy atom. The number of nitrogens with one attached hydrogen (secondary N) is 1. The number of carbonyl (C=O) groups is 1. The molecule has 0 unspecified atom stereocenters. The third kappa shape index (κ3) is 6.69. The van der Waals surface area contributed by atoms with Crippen molar-refractivity contribution in [1.82, 2.24) is 19.2 Å². The van der Waals surface area contributed by atoms with Crippen LogP contribution in [-0.2, 0) is 26.1 Å². The van der Waals surface area contributed by atoms with Gasteiger partial charge < -0.3 is 19.9 Å². The molecule has 200 valence electrons. The van der Waals surface area contributed by atoms with E-state index in [2.05, 4.69) is 15.4 Å². The van der Waals surface area contributed by atoms with Crippen molar-refractivity contribution in [3.8, 4) is 0 Å². The first-order valence-electron chi connectivity index (χ1n) is 12.5. The van der Waals surface area contributed by atoms with Gasteiger partial charge >= 0.3 is 0 Å². The van der Waals surface area contributed by atoms with E-state index in [9.17, 15) is 13.2 Å². The van der Waals surface area contributed by atoms with Gasteiger partial charge in [-0.15, -0.1) is 0 Å². The molecule has 9 nitrogen and oxygen atoms in total. The van der Waals surface area contributed by atoms with Crippen molar-refractivity contribution >= 4 is 38.6 Å². The van der Waals surface area contributed by atoms with Crippen LogP contribution in [0.1, 0.15) is 37.4 Å². The van der Waals surface area contributed by atoms with E-state index >= 15 is 0 Å². The number of hydrogen-bond donors (Lipinski definition) is 2. The van der Waals surface area contributed by atoms with Gasteiger partial charge in [0.1, 0.15) is 10.7 Å². The van der Waals surface area contributed by atoms with Gasteiger partial charge in [0.15, 0.2) is 0 Å². The first-order valence-corrected chi connectivity index (χ1v) is 14.4. The van der Waals surface area contributed by atoms with E-state index in [-0.39, 0.29) is 34.7 Å². The molecule has 0 saturated carbocycles. The van der Waals surface area contributed by atoms with Crippen LogP contribution in [0.3, 0.4) is 0 Å². The molecule has 1 saturated heterocycles. The number of aromatic nitrogens is 2. The smallest absolute Gasteiger partial charge is 0.242 e. The summed E-state index contributed by atoms with van der Waals surface area (Å²) >= 11 is 6.02. The first-order chi connectivity index (χ1) is 17.8. The van der Waals surface area contributed by atoms with Gasteiger partial charge in [-0.3, -0.25) is 4.79 Å². The maximum absolute atomic E-state index is 13.1. The lowest BCUT2D eigenvalue weighted by molar-refractivity contribution is -0.132. The van der Waals surface area contributed by atoms with Crippen molar-refractivity contribution in [3.63, 3.8) is 0 Å². The molecule has 0 bridgehead atoms. The Morgan fingerprint density at radius 1 is 1.24 bits per heavy atom. The third-order valence-corrected chi connectivity index (χ3v) is 8.58. The number of likely N-dealkylation sites (tertiary alicyclic amines) is 1. The number of benzene rings is 2. The molecule has 0 aliphatic carbocycles. The van der Waals surface area contributed by atoms with E-state index in [4.69, 9.17) is 27.1 Å². The number of amides is 1. The van der Waals surface area contributed by atoms with E-state index in [1.165, 1.54) is 12.1 Å². The molecule has 1 aliphatic heterocycles. The number of rotatable bonds is 11. The van der Waals surface area contributed by atoms with Crippen molar-refractivity contribution in [3.05, 3.63) is 59.4 Å². The zero-order chi connectivity index (χ0) is 26.4. The average molecular weight is 548 g/mol. The number of carbonyl (C=O) groups excluding carboxylic acids is 1. The second-order valence-corrected chi connectivity index (χ2v) is 11.5. The molecule has 0 radical (unpaired) electrons. The van der Waals surface area contributed by atoms with Crippen molar-refractivity contribution < 1.29 is 17.9 Å². The van der Waals surface area contributed by atoms with E-state index in [0.717, 1.165) is 42.7 Å². The minimum Gasteiger partial charge on any atom is -0.385 e. The van der Waals surface area contributed by atoms with Crippen LogP contribution in [0, 0.1) is 0 Å². The minimum atomic E-state index is -3.83. The van der Waals surface area contributed by atoms with Gasteiger partial charge in [0.2, 0.25) is 15.9 Å². The van der Waals surface area contributed by atoms with Crippen LogP contribution in [0.25, 0.3) is 11.0 Å². The van der Waals surface area contributed by atoms with Crippen LogP contribution < -0.4 is 10.5 Å². The van der Waals surface area contributed by atoms with Gasteiger partial charge in [-0.05, 0) is 43.5 Å². The van der Waals surface area contributed by atoms with Gasteiger partial charge in [0.05, 0.1) is 16.1 Å². The zero-order valence-corrected chi connectivity index (χ0v) is 22.5. The summed E-state index contributed by atoms with van der Waals surface area (Å²) in [5.41, 5.74) is 8.20. The lowest BCUT2D eigenvalue weighted by atomic mass is 9.96. The molecule has 2 aromatic carbocycles. The average Bonchev–Trinajstić information content (AvgIpc) is 3.26. The summed E-state index contributed by atoms with van der Waals surface area (Å²) in [5, 5.41) is 0.132. The molecule has 1 aromatic heterocycles. The van der Waals surface area contributed by atoms with Gasteiger partial charge in [-0.1, -0.05) is 35.9 Å². The number of para-hydroxylation sites is 2. The van der Waals surface area contributed by atoms with Crippen molar-refractivity contribution in [2.24, 2.45) is 5.73 Å². The molecule has 37 heavy (non-hydrogen) atoms. The minimum absolute atomic E-state index is 0.0116. The second kappa shape index (κ2) is 12.4. The molecule has 2 heterocycles. The lowest BCUT2D eigenvalue weighted by Crippen LogP contribution is -2.45. The zero-order valence-electron chi connectivity index (χ0n) is 21.0. The number of sulfonamides is 1. The van der Waals surface area contributed by atoms with Crippen LogP contribution >= 0.6 is 11.6 Å². The molecule has 1 fully saturated rings. The predicted octanol–water partition coefficient (Wildman–Crippen LogP) is 3.13. The maximum Gasteiger partial charge on any atom is 0.242 e. The Hall–Kier alpha value is -2.50. The van der Waals surface area contributed by atoms with Crippen molar-refractivity contribution in [2.45, 2.75) is 49.1 Å². The Morgan fingerprint density at radius 3 is 2.78 bits per heavy atom. The fraction of sp³-hybridized carbons (Fsp3) is 0.462. The summed E-state index contributed by atoms with van der Waals surface area (Å²) in [6.45, 7) is 2.61. The summed E-state index contributed by atoms with van der Waals surface area (Å²) in [4.78, 5) is 19.9. The van der Waals surface area contributed by atoms with Crippen LogP contribution in [0.4, 0.5) is 0 Å². The van der Waals surface area contributed by atoms with E-state index in [0.29, 0.717) is 19.7 Å². The highest BCUT2D eigenvalue weighted by molar-refractivity contribution is 7.89. The number of nitrogens with two attached hydrogens (primary N) is 1. The molecule has 3 N–H and O–H groups in total. The molecule has 3 aromatic rings. The monoisotopic (exact) mass is 547 g/mol. The summed E-state index contributed by atoms with van der Waals surface area (Å²) in [6.07, 6.45) is 2.73. The molecule has 1 aliphatic rings. The van der Waals surface area contributed by atoms with E-state index in [1.54, 1.807) is 19.2 Å². The summed E-state index contributed by atoms with van der Waals surface area (Å²) < 4.78 is 35.1. The molecule has 4 rings (SSSR count). The fourth-order valence-electron chi connectivity index (χ4n) is 4.80. The molecule has 0 spiro atoms. The number of imidazole rings is 1. The highest BCUT2D eigenvalue weighted by Crippen LogP contribution is 2.30. The Kier molecular flexibility index (Phi) is 9.20. The second-order valence-electron chi connectivity index (χ2n) is 9.38. The molecular weight excluding hydrogens is 514 g/mol. The Labute approximate surface area is 223 Å². The van der Waals surface area contributed by atoms with Crippen LogP contribution in [0.2, 0.25) is 5.02 Å². The predicted molar refractivity (Wildman–Crippen MR) is 144 cm³/mol. The molecular formula is C26H34ClN5O4S. The number of methoxy groups -OCH3 is 1. The number of halogens is 1. The standard InChI is InChI=1S/C26H34ClN5O4S/c1-36-15-7-14-32-23-11-4-3-10-22(23)30-26(32)19-8-6-13-31(18-19)25(33)16-20(28)17-29-37(34,35)24-12-5-2-9-21(24)27/h2-5,9-12,19-20,29H,6-8,13-18,28H2,1H3/t19-,20+/m1/s1. The normalized spacial score (nSPS) is 17.3. The molecule has 1 amide bonds. The van der Waals surface area contributed by atoms with Gasteiger partial charge in [-0.25, -0.2) is 18.1 Å². The summed E-state index contributed by atoms with van der Waals surface area (Å²) in [5.74, 6) is 1.02. The Balaban J connectivity index is 1.39. The van der Waals surface area contributed by atoms with Crippen LogP contribution in [0.5, 0.6) is 0 Å². The van der Waals surface area contributed by atoms with Gasteiger partial charge in [-0.2, -0.15) is 0 Å². The summed E-state index contributed by atoms with van der Waals surface area (Å²) in [6, 6.07) is 13.6. The number of fused-ring (bicyclic) bond motifs is 1. The number of nitrogens with zero attached hydrogens (tertiary/aromatic N) is 3. The Bertz CT molecular complexity index is 1330. The molecule has 2 atom stereocenters. The lowest BCUT2D eigenvalue weighted by Gasteiger charge is -2.33.